The second-order valence-electron chi connectivity index (χ2n) is 5.35. The molecule has 0 spiro atoms. The van der Waals surface area contributed by atoms with Crippen molar-refractivity contribution in [2.24, 2.45) is 0 Å². The molecule has 2 rings (SSSR count). The summed E-state index contributed by atoms with van der Waals surface area (Å²) in [6, 6.07) is 12.0. The third-order valence-electron chi connectivity index (χ3n) is 3.37. The Kier molecular flexibility index (Phi) is 7.87. The van der Waals surface area contributed by atoms with E-state index < -0.39 is 0 Å². The van der Waals surface area contributed by atoms with Crippen LogP contribution in [0.25, 0.3) is 0 Å². The minimum atomic E-state index is -0.108. The predicted octanol–water partition coefficient (Wildman–Crippen LogP) is 3.34. The van der Waals surface area contributed by atoms with Gasteiger partial charge in [0.2, 0.25) is 11.0 Å². The molecule has 1 heterocycles. The zero-order valence-corrected chi connectivity index (χ0v) is 15.9. The summed E-state index contributed by atoms with van der Waals surface area (Å²) in [6.07, 6.45) is 0.510. The maximum Gasteiger partial charge on any atom is 0.233 e. The minimum absolute atomic E-state index is 0.108. The zero-order chi connectivity index (χ0) is 18.8. The Morgan fingerprint density at radius 1 is 1.19 bits per heavy atom. The molecule has 0 unspecified atom stereocenters. The summed E-state index contributed by atoms with van der Waals surface area (Å²) in [5.41, 5.74) is 2.11. The van der Waals surface area contributed by atoms with E-state index >= 15 is 0 Å². The van der Waals surface area contributed by atoms with Crippen LogP contribution in [-0.2, 0) is 4.79 Å². The smallest absolute Gasteiger partial charge is 0.233 e. The number of hydrogen-bond donors (Lipinski definition) is 1. The number of amides is 1. The van der Waals surface area contributed by atoms with Gasteiger partial charge in [-0.3, -0.25) is 4.79 Å². The molecule has 1 aromatic heterocycles. The lowest BCUT2D eigenvalue weighted by molar-refractivity contribution is -0.128. The number of hydrogen-bond acceptors (Lipinski definition) is 8. The summed E-state index contributed by atoms with van der Waals surface area (Å²) in [6.45, 7) is 2.71. The van der Waals surface area contributed by atoms with E-state index in [9.17, 15) is 4.79 Å². The van der Waals surface area contributed by atoms with Crippen molar-refractivity contribution in [3.05, 3.63) is 29.8 Å². The predicted molar refractivity (Wildman–Crippen MR) is 102 cm³/mol. The lowest BCUT2D eigenvalue weighted by Crippen LogP contribution is -2.34. The number of benzene rings is 1. The number of rotatable bonds is 9. The number of nitrogens with zero attached hydrogens (tertiary/aromatic N) is 5. The molecule has 0 saturated heterocycles. The molecule has 9 heteroatoms. The molecule has 26 heavy (non-hydrogen) atoms. The lowest BCUT2D eigenvalue weighted by atomic mass is 10.2. The molecule has 7 nitrogen and oxygen atoms in total. The molecular weight excluding hydrogens is 368 g/mol. The molecule has 0 fully saturated rings. The molecule has 1 N–H and O–H groups in total. The van der Waals surface area contributed by atoms with E-state index in [0.29, 0.717) is 22.6 Å². The van der Waals surface area contributed by atoms with Crippen molar-refractivity contribution < 1.29 is 4.79 Å². The molecule has 0 atom stereocenters. The van der Waals surface area contributed by atoms with Crippen molar-refractivity contribution in [3.8, 4) is 12.1 Å². The Balaban J connectivity index is 1.87. The van der Waals surface area contributed by atoms with Gasteiger partial charge in [-0.25, -0.2) is 0 Å². The van der Waals surface area contributed by atoms with Gasteiger partial charge in [0.25, 0.3) is 0 Å². The highest BCUT2D eigenvalue weighted by atomic mass is 32.2. The van der Waals surface area contributed by atoms with Gasteiger partial charge >= 0.3 is 0 Å². The largest absolute Gasteiger partial charge is 0.340 e. The van der Waals surface area contributed by atoms with E-state index in [0.717, 1.165) is 5.69 Å². The Morgan fingerprint density at radius 3 is 2.46 bits per heavy atom. The van der Waals surface area contributed by atoms with Crippen LogP contribution in [0.2, 0.25) is 0 Å². The second-order valence-corrected chi connectivity index (χ2v) is 7.55. The molecule has 2 aromatic rings. The van der Waals surface area contributed by atoms with Crippen LogP contribution in [0, 0.1) is 29.6 Å². The normalized spacial score (nSPS) is 9.96. The van der Waals surface area contributed by atoms with Gasteiger partial charge in [-0.1, -0.05) is 40.8 Å². The highest BCUT2D eigenvalue weighted by Crippen LogP contribution is 2.27. The Bertz CT molecular complexity index is 788. The Labute approximate surface area is 160 Å². The molecule has 0 bridgehead atoms. The van der Waals surface area contributed by atoms with E-state index in [1.54, 1.807) is 4.90 Å². The van der Waals surface area contributed by atoms with E-state index in [1.165, 1.54) is 28.7 Å². The first-order chi connectivity index (χ1) is 12.6. The summed E-state index contributed by atoms with van der Waals surface area (Å²) in [5, 5.41) is 29.4. The van der Waals surface area contributed by atoms with Gasteiger partial charge in [0.1, 0.15) is 0 Å². The van der Waals surface area contributed by atoms with Crippen LogP contribution in [0.3, 0.4) is 0 Å². The molecule has 0 radical (unpaired) electrons. The van der Waals surface area contributed by atoms with Crippen molar-refractivity contribution in [1.82, 2.24) is 15.1 Å². The van der Waals surface area contributed by atoms with Crippen LogP contribution in [0.4, 0.5) is 10.8 Å². The fourth-order valence-corrected chi connectivity index (χ4v) is 3.70. The van der Waals surface area contributed by atoms with E-state index in [-0.39, 0.29) is 24.5 Å². The first-order valence-electron chi connectivity index (χ1n) is 7.94. The van der Waals surface area contributed by atoms with Crippen LogP contribution >= 0.6 is 23.1 Å². The van der Waals surface area contributed by atoms with E-state index in [1.807, 2.05) is 43.3 Å². The van der Waals surface area contributed by atoms with Crippen LogP contribution in [0.1, 0.15) is 18.4 Å². The van der Waals surface area contributed by atoms with Gasteiger partial charge < -0.3 is 10.2 Å². The van der Waals surface area contributed by atoms with Gasteiger partial charge in [0, 0.05) is 18.8 Å². The summed E-state index contributed by atoms with van der Waals surface area (Å²) >= 11 is 2.68. The SMILES string of the molecule is Cc1ccc(Nc2nnc(SCC(=O)N(CCC#N)CCC#N)s2)cc1. The fourth-order valence-electron chi connectivity index (χ4n) is 2.02. The third kappa shape index (κ3) is 6.36. The molecule has 0 saturated carbocycles. The average Bonchev–Trinajstić information content (AvgIpc) is 3.09. The molecule has 1 amide bonds. The van der Waals surface area contributed by atoms with E-state index in [2.05, 4.69) is 15.5 Å². The molecule has 134 valence electrons. The summed E-state index contributed by atoms with van der Waals surface area (Å²) in [5.74, 6) is 0.0967. The van der Waals surface area contributed by atoms with Gasteiger partial charge in [-0.05, 0) is 19.1 Å². The van der Waals surface area contributed by atoms with Crippen molar-refractivity contribution in [2.75, 3.05) is 24.2 Å². The molecule has 0 aliphatic carbocycles. The van der Waals surface area contributed by atoms with Crippen LogP contribution in [-0.4, -0.2) is 39.8 Å². The number of nitrogens with one attached hydrogen (secondary N) is 1. The first kappa shape index (κ1) is 19.7. The fraction of sp³-hybridized carbons (Fsp3) is 0.353. The second kappa shape index (κ2) is 10.4. The number of thioether (sulfide) groups is 1. The minimum Gasteiger partial charge on any atom is -0.340 e. The third-order valence-corrected chi connectivity index (χ3v) is 5.32. The van der Waals surface area contributed by atoms with Crippen LogP contribution < -0.4 is 5.32 Å². The van der Waals surface area contributed by atoms with Gasteiger partial charge in [0.15, 0.2) is 4.34 Å². The number of aromatic nitrogens is 2. The van der Waals surface area contributed by atoms with Crippen molar-refractivity contribution in [1.29, 1.82) is 10.5 Å². The number of carbonyl (C=O) groups excluding carboxylic acids is 1. The van der Waals surface area contributed by atoms with Crippen LogP contribution in [0.15, 0.2) is 28.6 Å². The number of aryl methyl sites for hydroxylation is 1. The van der Waals surface area contributed by atoms with E-state index in [4.69, 9.17) is 10.5 Å². The van der Waals surface area contributed by atoms with Crippen molar-refractivity contribution in [3.63, 3.8) is 0 Å². The zero-order valence-electron chi connectivity index (χ0n) is 14.3. The Hall–Kier alpha value is -2.62. The molecular formula is C17H18N6OS2. The summed E-state index contributed by atoms with van der Waals surface area (Å²) in [7, 11) is 0. The number of anilines is 2. The molecule has 0 aliphatic heterocycles. The topological polar surface area (TPSA) is 106 Å². The van der Waals surface area contributed by atoms with Crippen molar-refractivity contribution in [2.45, 2.75) is 24.1 Å². The summed E-state index contributed by atoms with van der Waals surface area (Å²) in [4.78, 5) is 13.8. The standard InChI is InChI=1S/C17H18N6OS2/c1-13-4-6-14(7-5-13)20-16-21-22-17(26-16)25-12-15(24)23(10-2-8-18)11-3-9-19/h4-7H,2-3,10-12H2,1H3,(H,20,21). The quantitative estimate of drug-likeness (QED) is 0.659. The van der Waals surface area contributed by atoms with Gasteiger partial charge in [0.05, 0.1) is 30.7 Å². The number of carbonyl (C=O) groups is 1. The number of nitriles is 2. The highest BCUT2D eigenvalue weighted by Gasteiger charge is 2.15. The average molecular weight is 387 g/mol. The monoisotopic (exact) mass is 386 g/mol. The molecule has 1 aromatic carbocycles. The maximum atomic E-state index is 12.3. The van der Waals surface area contributed by atoms with Gasteiger partial charge in [-0.15, -0.1) is 10.2 Å². The Morgan fingerprint density at radius 2 is 1.85 bits per heavy atom. The van der Waals surface area contributed by atoms with Crippen LogP contribution in [0.5, 0.6) is 0 Å². The highest BCUT2D eigenvalue weighted by molar-refractivity contribution is 8.01. The first-order valence-corrected chi connectivity index (χ1v) is 9.74. The van der Waals surface area contributed by atoms with Gasteiger partial charge in [-0.2, -0.15) is 10.5 Å². The lowest BCUT2D eigenvalue weighted by Gasteiger charge is -2.19. The molecule has 0 aliphatic rings. The summed E-state index contributed by atoms with van der Waals surface area (Å²) < 4.78 is 0.688. The maximum absolute atomic E-state index is 12.3. The van der Waals surface area contributed by atoms with Crippen molar-refractivity contribution >= 4 is 39.8 Å².